The average Bonchev–Trinajstić information content (AvgIpc) is 2.43. The SMILES string of the molecule is COC(=O)Nc1ccc(Nc2ccc(Br)cc2)cn1. The summed E-state index contributed by atoms with van der Waals surface area (Å²) in [6.45, 7) is 0. The Kier molecular flexibility index (Phi) is 4.35. The molecule has 0 saturated carbocycles. The van der Waals surface area contributed by atoms with Gasteiger partial charge in [-0.1, -0.05) is 15.9 Å². The van der Waals surface area contributed by atoms with Crippen molar-refractivity contribution in [3.8, 4) is 0 Å². The van der Waals surface area contributed by atoms with E-state index >= 15 is 0 Å². The molecule has 0 spiro atoms. The summed E-state index contributed by atoms with van der Waals surface area (Å²) in [5, 5.41) is 5.68. The molecule has 0 aliphatic rings. The number of carbonyl (C=O) groups is 1. The van der Waals surface area contributed by atoms with Crippen molar-refractivity contribution in [2.45, 2.75) is 0 Å². The van der Waals surface area contributed by atoms with Crippen molar-refractivity contribution in [2.24, 2.45) is 0 Å². The Bertz CT molecular complexity index is 555. The van der Waals surface area contributed by atoms with Crippen molar-refractivity contribution in [3.05, 3.63) is 47.1 Å². The van der Waals surface area contributed by atoms with Gasteiger partial charge in [0.25, 0.3) is 0 Å². The minimum absolute atomic E-state index is 0.438. The minimum Gasteiger partial charge on any atom is -0.453 e. The van der Waals surface area contributed by atoms with Crippen LogP contribution in [0.5, 0.6) is 0 Å². The second-order valence-electron chi connectivity index (χ2n) is 3.68. The molecule has 0 bridgehead atoms. The van der Waals surface area contributed by atoms with E-state index in [-0.39, 0.29) is 0 Å². The monoisotopic (exact) mass is 321 g/mol. The maximum atomic E-state index is 11.0. The highest BCUT2D eigenvalue weighted by atomic mass is 79.9. The summed E-state index contributed by atoms with van der Waals surface area (Å²) in [7, 11) is 1.30. The van der Waals surface area contributed by atoms with E-state index in [9.17, 15) is 4.79 Å². The van der Waals surface area contributed by atoms with Crippen molar-refractivity contribution in [3.63, 3.8) is 0 Å². The predicted octanol–water partition coefficient (Wildman–Crippen LogP) is 3.77. The van der Waals surface area contributed by atoms with Crippen LogP contribution in [0.4, 0.5) is 22.0 Å². The van der Waals surface area contributed by atoms with Gasteiger partial charge in [-0.25, -0.2) is 9.78 Å². The fourth-order valence-corrected chi connectivity index (χ4v) is 1.66. The van der Waals surface area contributed by atoms with E-state index in [1.165, 1.54) is 7.11 Å². The van der Waals surface area contributed by atoms with Crippen molar-refractivity contribution >= 4 is 39.2 Å². The zero-order valence-electron chi connectivity index (χ0n) is 10.2. The van der Waals surface area contributed by atoms with Crippen LogP contribution in [0.3, 0.4) is 0 Å². The molecule has 1 aromatic carbocycles. The van der Waals surface area contributed by atoms with Gasteiger partial charge in [0, 0.05) is 10.2 Å². The van der Waals surface area contributed by atoms with E-state index in [2.05, 4.69) is 36.3 Å². The topological polar surface area (TPSA) is 63.2 Å². The van der Waals surface area contributed by atoms with E-state index in [0.29, 0.717) is 5.82 Å². The molecule has 0 aliphatic carbocycles. The molecule has 6 heteroatoms. The fraction of sp³-hybridized carbons (Fsp3) is 0.0769. The summed E-state index contributed by atoms with van der Waals surface area (Å²) in [6, 6.07) is 11.3. The van der Waals surface area contributed by atoms with Crippen molar-refractivity contribution in [1.82, 2.24) is 4.98 Å². The smallest absolute Gasteiger partial charge is 0.412 e. The third-order valence-electron chi connectivity index (χ3n) is 2.31. The molecular formula is C13H12BrN3O2. The van der Waals surface area contributed by atoms with E-state index in [0.717, 1.165) is 15.8 Å². The molecule has 0 unspecified atom stereocenters. The number of hydrogen-bond acceptors (Lipinski definition) is 4. The first kappa shape index (κ1) is 13.4. The number of ether oxygens (including phenoxy) is 1. The Labute approximate surface area is 119 Å². The average molecular weight is 322 g/mol. The van der Waals surface area contributed by atoms with Crippen LogP contribution in [0.15, 0.2) is 47.1 Å². The van der Waals surface area contributed by atoms with Crippen LogP contribution in [0.2, 0.25) is 0 Å². The highest BCUT2D eigenvalue weighted by Gasteiger charge is 2.01. The molecule has 98 valence electrons. The first-order chi connectivity index (χ1) is 9.17. The number of halogens is 1. The van der Waals surface area contributed by atoms with Gasteiger partial charge in [0.1, 0.15) is 5.82 Å². The van der Waals surface area contributed by atoms with Crippen molar-refractivity contribution in [1.29, 1.82) is 0 Å². The number of hydrogen-bond donors (Lipinski definition) is 2. The zero-order valence-corrected chi connectivity index (χ0v) is 11.8. The fourth-order valence-electron chi connectivity index (χ4n) is 1.40. The van der Waals surface area contributed by atoms with Crippen LogP contribution >= 0.6 is 15.9 Å². The second-order valence-corrected chi connectivity index (χ2v) is 4.60. The highest BCUT2D eigenvalue weighted by molar-refractivity contribution is 9.10. The predicted molar refractivity (Wildman–Crippen MR) is 77.7 cm³/mol. The summed E-state index contributed by atoms with van der Waals surface area (Å²) >= 11 is 3.38. The maximum absolute atomic E-state index is 11.0. The summed E-state index contributed by atoms with van der Waals surface area (Å²) in [5.41, 5.74) is 1.79. The van der Waals surface area contributed by atoms with Gasteiger partial charge >= 0.3 is 6.09 Å². The van der Waals surface area contributed by atoms with Gasteiger partial charge in [0.15, 0.2) is 0 Å². The molecule has 0 fully saturated rings. The Morgan fingerprint density at radius 2 is 1.84 bits per heavy atom. The summed E-state index contributed by atoms with van der Waals surface area (Å²) in [4.78, 5) is 15.1. The molecule has 2 N–H and O–H groups in total. The Morgan fingerprint density at radius 1 is 1.16 bits per heavy atom. The first-order valence-corrected chi connectivity index (χ1v) is 6.30. The summed E-state index contributed by atoms with van der Waals surface area (Å²) < 4.78 is 5.50. The van der Waals surface area contributed by atoms with Gasteiger partial charge in [0.05, 0.1) is 19.0 Å². The number of amides is 1. The van der Waals surface area contributed by atoms with Crippen LogP contribution in [-0.4, -0.2) is 18.2 Å². The number of methoxy groups -OCH3 is 1. The number of anilines is 3. The van der Waals surface area contributed by atoms with Gasteiger partial charge in [0.2, 0.25) is 0 Å². The first-order valence-electron chi connectivity index (χ1n) is 5.51. The molecule has 1 amide bonds. The molecular weight excluding hydrogens is 310 g/mol. The van der Waals surface area contributed by atoms with Crippen LogP contribution in [0.25, 0.3) is 0 Å². The molecule has 1 heterocycles. The lowest BCUT2D eigenvalue weighted by Crippen LogP contribution is -2.11. The normalized spacial score (nSPS) is 9.79. The molecule has 0 atom stereocenters. The van der Waals surface area contributed by atoms with Crippen molar-refractivity contribution in [2.75, 3.05) is 17.7 Å². The van der Waals surface area contributed by atoms with E-state index < -0.39 is 6.09 Å². The number of nitrogens with one attached hydrogen (secondary N) is 2. The van der Waals surface area contributed by atoms with E-state index in [1.807, 2.05) is 30.3 Å². The number of aromatic nitrogens is 1. The molecule has 19 heavy (non-hydrogen) atoms. The van der Waals surface area contributed by atoms with Crippen LogP contribution in [-0.2, 0) is 4.74 Å². The number of rotatable bonds is 3. The zero-order chi connectivity index (χ0) is 13.7. The Balaban J connectivity index is 2.02. The molecule has 0 radical (unpaired) electrons. The molecule has 0 saturated heterocycles. The summed E-state index contributed by atoms with van der Waals surface area (Å²) in [5.74, 6) is 0.438. The Morgan fingerprint density at radius 3 is 2.42 bits per heavy atom. The lowest BCUT2D eigenvalue weighted by atomic mass is 10.3. The largest absolute Gasteiger partial charge is 0.453 e. The van der Waals surface area contributed by atoms with E-state index in [4.69, 9.17) is 0 Å². The molecule has 2 rings (SSSR count). The number of benzene rings is 1. The van der Waals surface area contributed by atoms with Crippen molar-refractivity contribution < 1.29 is 9.53 Å². The standard InChI is InChI=1S/C13H12BrN3O2/c1-19-13(18)17-12-7-6-11(8-15-12)16-10-4-2-9(14)3-5-10/h2-8,16H,1H3,(H,15,17,18). The van der Waals surface area contributed by atoms with Crippen LogP contribution in [0, 0.1) is 0 Å². The lowest BCUT2D eigenvalue weighted by molar-refractivity contribution is 0.187. The minimum atomic E-state index is -0.541. The van der Waals surface area contributed by atoms with Gasteiger partial charge in [-0.15, -0.1) is 0 Å². The quantitative estimate of drug-likeness (QED) is 0.903. The van der Waals surface area contributed by atoms with Gasteiger partial charge in [-0.3, -0.25) is 5.32 Å². The molecule has 1 aromatic heterocycles. The van der Waals surface area contributed by atoms with Gasteiger partial charge < -0.3 is 10.1 Å². The second kappa shape index (κ2) is 6.19. The molecule has 2 aromatic rings. The van der Waals surface area contributed by atoms with Gasteiger partial charge in [-0.05, 0) is 36.4 Å². The van der Waals surface area contributed by atoms with Gasteiger partial charge in [-0.2, -0.15) is 0 Å². The molecule has 5 nitrogen and oxygen atoms in total. The Hall–Kier alpha value is -2.08. The highest BCUT2D eigenvalue weighted by Crippen LogP contribution is 2.19. The summed E-state index contributed by atoms with van der Waals surface area (Å²) in [6.07, 6.45) is 1.09. The third-order valence-corrected chi connectivity index (χ3v) is 2.84. The third kappa shape index (κ3) is 3.96. The maximum Gasteiger partial charge on any atom is 0.412 e. The van der Waals surface area contributed by atoms with Crippen LogP contribution < -0.4 is 10.6 Å². The lowest BCUT2D eigenvalue weighted by Gasteiger charge is -2.07. The molecule has 0 aliphatic heterocycles. The number of pyridine rings is 1. The number of carbonyl (C=O) groups excluding carboxylic acids is 1. The van der Waals surface area contributed by atoms with E-state index in [1.54, 1.807) is 12.3 Å². The number of nitrogens with zero attached hydrogens (tertiary/aromatic N) is 1. The van der Waals surface area contributed by atoms with Crippen LogP contribution in [0.1, 0.15) is 0 Å².